The van der Waals surface area contributed by atoms with Crippen LogP contribution in [-0.2, 0) is 6.54 Å². The van der Waals surface area contributed by atoms with Gasteiger partial charge in [0.25, 0.3) is 0 Å². The highest BCUT2D eigenvalue weighted by Crippen LogP contribution is 2.34. The zero-order chi connectivity index (χ0) is 26.9. The summed E-state index contributed by atoms with van der Waals surface area (Å²) < 4.78 is 7.50. The van der Waals surface area contributed by atoms with Gasteiger partial charge in [-0.25, -0.2) is 4.98 Å². The molecule has 0 amide bonds. The molecule has 0 saturated carbocycles. The van der Waals surface area contributed by atoms with Crippen LogP contribution in [0, 0.1) is 11.3 Å². The molecule has 6 aromatic rings. The van der Waals surface area contributed by atoms with Crippen LogP contribution in [0.1, 0.15) is 35.7 Å². The van der Waals surface area contributed by atoms with E-state index < -0.39 is 0 Å². The average molecular weight is 526 g/mol. The van der Waals surface area contributed by atoms with Crippen LogP contribution in [0.2, 0.25) is 0 Å². The SMILES string of the molecule is N#Cc1ccn2c(-c3ccccc3)c(-c3ccc(CN4CCC(c5nnc(-c6ccco6)[nH]5)CC4)cc3)nc2c1. The molecule has 1 aliphatic heterocycles. The van der Waals surface area contributed by atoms with E-state index in [0.29, 0.717) is 23.1 Å². The van der Waals surface area contributed by atoms with Gasteiger partial charge in [0.15, 0.2) is 11.6 Å². The minimum Gasteiger partial charge on any atom is -0.461 e. The molecule has 8 nitrogen and oxygen atoms in total. The first-order valence-corrected chi connectivity index (χ1v) is 13.5. The Labute approximate surface area is 231 Å². The van der Waals surface area contributed by atoms with E-state index in [1.54, 1.807) is 6.26 Å². The summed E-state index contributed by atoms with van der Waals surface area (Å²) in [4.78, 5) is 10.8. The molecule has 1 fully saturated rings. The van der Waals surface area contributed by atoms with Crippen molar-refractivity contribution in [2.75, 3.05) is 13.1 Å². The standard InChI is InChI=1S/C32H27N7O/c33-20-23-12-17-39-28(19-23)34-29(30(39)25-5-2-1-3-6-25)24-10-8-22(9-11-24)21-38-15-13-26(14-16-38)31-35-32(37-36-31)27-7-4-18-40-27/h1-12,17-19,26H,13-16,21H2,(H,35,36,37). The normalized spacial score (nSPS) is 14.5. The van der Waals surface area contributed by atoms with E-state index in [1.807, 2.05) is 48.7 Å². The highest BCUT2D eigenvalue weighted by molar-refractivity contribution is 5.82. The van der Waals surface area contributed by atoms with Gasteiger partial charge in [0, 0.05) is 29.8 Å². The number of nitrogens with one attached hydrogen (secondary N) is 1. The second-order valence-corrected chi connectivity index (χ2v) is 10.2. The number of benzene rings is 2. The summed E-state index contributed by atoms with van der Waals surface area (Å²) in [6.45, 7) is 2.92. The fourth-order valence-electron chi connectivity index (χ4n) is 5.56. The number of hydrogen-bond donors (Lipinski definition) is 1. The molecule has 0 bridgehead atoms. The van der Waals surface area contributed by atoms with E-state index in [1.165, 1.54) is 5.56 Å². The van der Waals surface area contributed by atoms with Crippen LogP contribution in [0.25, 0.3) is 39.7 Å². The third kappa shape index (κ3) is 4.57. The maximum Gasteiger partial charge on any atom is 0.197 e. The third-order valence-electron chi connectivity index (χ3n) is 7.67. The van der Waals surface area contributed by atoms with Gasteiger partial charge in [-0.05, 0) is 55.8 Å². The summed E-state index contributed by atoms with van der Waals surface area (Å²) in [7, 11) is 0. The monoisotopic (exact) mass is 525 g/mol. The third-order valence-corrected chi connectivity index (χ3v) is 7.67. The molecule has 1 aliphatic rings. The number of aromatic amines is 1. The highest BCUT2D eigenvalue weighted by Gasteiger charge is 2.24. The molecule has 4 aromatic heterocycles. The molecular weight excluding hydrogens is 498 g/mol. The fourth-order valence-corrected chi connectivity index (χ4v) is 5.56. The van der Waals surface area contributed by atoms with Gasteiger partial charge in [-0.2, -0.15) is 5.26 Å². The Bertz CT molecular complexity index is 1790. The van der Waals surface area contributed by atoms with Crippen LogP contribution in [-0.4, -0.2) is 42.6 Å². The number of hydrogen-bond acceptors (Lipinski definition) is 6. The highest BCUT2D eigenvalue weighted by atomic mass is 16.3. The van der Waals surface area contributed by atoms with E-state index >= 15 is 0 Å². The van der Waals surface area contributed by atoms with Crippen molar-refractivity contribution in [2.45, 2.75) is 25.3 Å². The van der Waals surface area contributed by atoms with Gasteiger partial charge in [-0.15, -0.1) is 10.2 Å². The Morgan fingerprint density at radius 2 is 1.75 bits per heavy atom. The first-order chi connectivity index (χ1) is 19.7. The first kappa shape index (κ1) is 24.1. The van der Waals surface area contributed by atoms with Gasteiger partial charge in [0.2, 0.25) is 0 Å². The summed E-state index contributed by atoms with van der Waals surface area (Å²) in [6, 6.07) is 28.6. The van der Waals surface area contributed by atoms with Gasteiger partial charge in [0.1, 0.15) is 11.5 Å². The molecule has 2 aromatic carbocycles. The van der Waals surface area contributed by atoms with Crippen LogP contribution >= 0.6 is 0 Å². The summed E-state index contributed by atoms with van der Waals surface area (Å²) in [5, 5.41) is 18.0. The molecule has 7 rings (SSSR count). The fraction of sp³-hybridized carbons (Fsp3) is 0.188. The number of nitriles is 1. The number of piperidine rings is 1. The van der Waals surface area contributed by atoms with Crippen LogP contribution in [0.3, 0.4) is 0 Å². The van der Waals surface area contributed by atoms with E-state index in [2.05, 4.69) is 66.9 Å². The maximum absolute atomic E-state index is 9.38. The molecular formula is C32H27N7O. The molecule has 0 radical (unpaired) electrons. The summed E-state index contributed by atoms with van der Waals surface area (Å²) in [5.74, 6) is 2.72. The van der Waals surface area contributed by atoms with Crippen molar-refractivity contribution in [2.24, 2.45) is 0 Å². The molecule has 0 unspecified atom stereocenters. The van der Waals surface area contributed by atoms with Crippen LogP contribution in [0.4, 0.5) is 0 Å². The number of likely N-dealkylation sites (tertiary alicyclic amines) is 1. The minimum absolute atomic E-state index is 0.378. The number of pyridine rings is 1. The van der Waals surface area contributed by atoms with Gasteiger partial charge in [-0.1, -0.05) is 54.6 Å². The summed E-state index contributed by atoms with van der Waals surface area (Å²) in [6.07, 6.45) is 5.66. The smallest absolute Gasteiger partial charge is 0.197 e. The first-order valence-electron chi connectivity index (χ1n) is 13.5. The molecule has 1 N–H and O–H groups in total. The number of furan rings is 1. The Balaban J connectivity index is 1.07. The Kier molecular flexibility index (Phi) is 6.19. The van der Waals surface area contributed by atoms with Crippen molar-refractivity contribution in [1.82, 2.24) is 29.5 Å². The largest absolute Gasteiger partial charge is 0.461 e. The van der Waals surface area contributed by atoms with Crippen molar-refractivity contribution >= 4 is 5.65 Å². The lowest BCUT2D eigenvalue weighted by Crippen LogP contribution is -2.32. The molecule has 8 heteroatoms. The van der Waals surface area contributed by atoms with Crippen LogP contribution in [0.5, 0.6) is 0 Å². The molecule has 196 valence electrons. The number of H-pyrrole nitrogens is 1. The summed E-state index contributed by atoms with van der Waals surface area (Å²) >= 11 is 0. The second kappa shape index (κ2) is 10.3. The van der Waals surface area contributed by atoms with E-state index in [0.717, 1.165) is 66.5 Å². The number of nitrogens with zero attached hydrogens (tertiary/aromatic N) is 6. The van der Waals surface area contributed by atoms with E-state index in [4.69, 9.17) is 9.40 Å². The molecule has 5 heterocycles. The number of rotatable bonds is 6. The average Bonchev–Trinajstić information content (AvgIpc) is 3.78. The van der Waals surface area contributed by atoms with Crippen molar-refractivity contribution in [3.63, 3.8) is 0 Å². The predicted molar refractivity (Wildman–Crippen MR) is 152 cm³/mol. The predicted octanol–water partition coefficient (Wildman–Crippen LogP) is 6.30. The zero-order valence-electron chi connectivity index (χ0n) is 21.9. The second-order valence-electron chi connectivity index (χ2n) is 10.2. The number of imidazole rings is 1. The van der Waals surface area contributed by atoms with Gasteiger partial charge in [-0.3, -0.25) is 9.30 Å². The molecule has 40 heavy (non-hydrogen) atoms. The zero-order valence-corrected chi connectivity index (χ0v) is 21.9. The molecule has 1 saturated heterocycles. The van der Waals surface area contributed by atoms with Crippen LogP contribution in [0.15, 0.2) is 95.7 Å². The molecule has 0 atom stereocenters. The topological polar surface area (TPSA) is 99.0 Å². The lowest BCUT2D eigenvalue weighted by molar-refractivity contribution is 0.202. The van der Waals surface area contributed by atoms with Gasteiger partial charge >= 0.3 is 0 Å². The molecule has 0 spiro atoms. The van der Waals surface area contributed by atoms with Crippen LogP contribution < -0.4 is 0 Å². The van der Waals surface area contributed by atoms with E-state index in [-0.39, 0.29) is 0 Å². The van der Waals surface area contributed by atoms with Gasteiger partial charge in [0.05, 0.1) is 29.3 Å². The lowest BCUT2D eigenvalue weighted by Gasteiger charge is -2.30. The Morgan fingerprint density at radius 1 is 0.925 bits per heavy atom. The summed E-state index contributed by atoms with van der Waals surface area (Å²) in [5.41, 5.74) is 6.73. The van der Waals surface area contributed by atoms with Crippen molar-refractivity contribution < 1.29 is 4.42 Å². The lowest BCUT2D eigenvalue weighted by atomic mass is 9.95. The maximum atomic E-state index is 9.38. The van der Waals surface area contributed by atoms with E-state index in [9.17, 15) is 5.26 Å². The van der Waals surface area contributed by atoms with Crippen molar-refractivity contribution in [1.29, 1.82) is 5.26 Å². The quantitative estimate of drug-likeness (QED) is 0.274. The Morgan fingerprint density at radius 3 is 2.50 bits per heavy atom. The number of fused-ring (bicyclic) bond motifs is 1. The Hall–Kier alpha value is -5.00. The minimum atomic E-state index is 0.378. The van der Waals surface area contributed by atoms with Crippen molar-refractivity contribution in [3.8, 4) is 40.2 Å². The van der Waals surface area contributed by atoms with Crippen molar-refractivity contribution in [3.05, 3.63) is 108 Å². The van der Waals surface area contributed by atoms with Gasteiger partial charge < -0.3 is 9.40 Å². The number of aromatic nitrogens is 5. The molecule has 0 aliphatic carbocycles.